The van der Waals surface area contributed by atoms with Gasteiger partial charge in [-0.05, 0) is 56.3 Å². The summed E-state index contributed by atoms with van der Waals surface area (Å²) in [6.45, 7) is 3.45. The van der Waals surface area contributed by atoms with Crippen LogP contribution in [0.1, 0.15) is 12.6 Å². The molecule has 0 unspecified atom stereocenters. The molecule has 1 amide bonds. The van der Waals surface area contributed by atoms with Gasteiger partial charge in [-0.25, -0.2) is 27.9 Å². The highest BCUT2D eigenvalue weighted by molar-refractivity contribution is 7.92. The van der Waals surface area contributed by atoms with Crippen molar-refractivity contribution in [2.45, 2.75) is 24.8 Å². The Hall–Kier alpha value is -4.52. The van der Waals surface area contributed by atoms with Crippen LogP contribution in [0.15, 0.2) is 87.1 Å². The maximum absolute atomic E-state index is 13.0. The Morgan fingerprint density at radius 3 is 2.50 bits per heavy atom. The molecule has 4 rings (SSSR count). The molecule has 1 atom stereocenters. The van der Waals surface area contributed by atoms with E-state index in [1.54, 1.807) is 50.2 Å². The molecule has 13 heteroatoms. The van der Waals surface area contributed by atoms with E-state index in [0.717, 1.165) is 5.01 Å². The summed E-state index contributed by atoms with van der Waals surface area (Å²) in [6, 6.07) is 14.4. The Morgan fingerprint density at radius 1 is 1.11 bits per heavy atom. The third kappa shape index (κ3) is 5.41. The summed E-state index contributed by atoms with van der Waals surface area (Å²) >= 11 is 0. The molecule has 1 N–H and O–H groups in total. The first-order valence-corrected chi connectivity index (χ1v) is 12.2. The number of carbonyl (C=O) groups is 2. The molecular formula is C23H21N7O5S. The number of anilines is 2. The van der Waals surface area contributed by atoms with Gasteiger partial charge in [0.2, 0.25) is 12.0 Å². The lowest BCUT2D eigenvalue weighted by Crippen LogP contribution is -2.33. The van der Waals surface area contributed by atoms with Gasteiger partial charge in [0.1, 0.15) is 0 Å². The van der Waals surface area contributed by atoms with Crippen molar-refractivity contribution in [3.8, 4) is 0 Å². The molecule has 0 spiro atoms. The molecule has 0 bridgehead atoms. The van der Waals surface area contributed by atoms with E-state index in [0.29, 0.717) is 11.4 Å². The second kappa shape index (κ2) is 10.4. The maximum atomic E-state index is 13.0. The number of esters is 1. The molecule has 1 aliphatic rings. The maximum Gasteiger partial charge on any atom is 0.357 e. The van der Waals surface area contributed by atoms with E-state index >= 15 is 0 Å². The summed E-state index contributed by atoms with van der Waals surface area (Å²) in [5, 5.41) is 13.2. The number of nitrogens with one attached hydrogen (secondary N) is 1. The fourth-order valence-corrected chi connectivity index (χ4v) is 4.10. The van der Waals surface area contributed by atoms with E-state index in [-0.39, 0.29) is 28.8 Å². The summed E-state index contributed by atoms with van der Waals surface area (Å²) in [5.74, 6) is -1.40. The molecule has 0 fully saturated rings. The second-order valence-corrected chi connectivity index (χ2v) is 9.11. The number of aryl methyl sites for hydroxylation is 1. The third-order valence-electron chi connectivity index (χ3n) is 4.85. The van der Waals surface area contributed by atoms with Crippen molar-refractivity contribution in [1.29, 1.82) is 0 Å². The van der Waals surface area contributed by atoms with E-state index in [4.69, 9.17) is 4.74 Å². The number of hydrazone groups is 1. The van der Waals surface area contributed by atoms with Gasteiger partial charge in [0.15, 0.2) is 5.71 Å². The first-order valence-electron chi connectivity index (χ1n) is 10.8. The van der Waals surface area contributed by atoms with Crippen LogP contribution >= 0.6 is 0 Å². The molecule has 2 heterocycles. The smallest absolute Gasteiger partial charge is 0.357 e. The molecule has 0 aliphatic carbocycles. The van der Waals surface area contributed by atoms with Crippen LogP contribution in [0.5, 0.6) is 0 Å². The molecule has 3 aromatic rings. The topological polar surface area (TPSA) is 156 Å². The standard InChI is InChI=1S/C23H21N7O5S/c1-3-35-22(32)20-19(21(31)30(28-20)17-7-5-4-6-8-17)27-26-16-9-11-18(12-10-16)36(33,34)29-23-24-14-13-15(2)25-23/h4-14,19H,3H2,1-2H3,(H,24,25,29)/t19-/m1/s1. The zero-order valence-electron chi connectivity index (χ0n) is 19.3. The number of aromatic nitrogens is 2. The number of para-hydroxylation sites is 1. The highest BCUT2D eigenvalue weighted by atomic mass is 32.2. The van der Waals surface area contributed by atoms with Gasteiger partial charge in [-0.3, -0.25) is 4.79 Å². The van der Waals surface area contributed by atoms with Crippen molar-refractivity contribution in [3.05, 3.63) is 72.6 Å². The van der Waals surface area contributed by atoms with Gasteiger partial charge >= 0.3 is 5.97 Å². The molecule has 1 aromatic heterocycles. The van der Waals surface area contributed by atoms with Crippen molar-refractivity contribution in [2.24, 2.45) is 15.3 Å². The Balaban J connectivity index is 1.54. The molecule has 184 valence electrons. The monoisotopic (exact) mass is 507 g/mol. The van der Waals surface area contributed by atoms with Crippen LogP contribution in [-0.2, 0) is 24.3 Å². The quantitative estimate of drug-likeness (QED) is 0.363. The lowest BCUT2D eigenvalue weighted by molar-refractivity contribution is -0.135. The minimum atomic E-state index is -3.94. The molecule has 2 aromatic carbocycles. The van der Waals surface area contributed by atoms with E-state index in [1.165, 1.54) is 30.5 Å². The zero-order chi connectivity index (χ0) is 25.7. The molecule has 0 radical (unpaired) electrons. The third-order valence-corrected chi connectivity index (χ3v) is 6.19. The summed E-state index contributed by atoms with van der Waals surface area (Å²) in [7, 11) is -3.94. The first kappa shape index (κ1) is 24.6. The fourth-order valence-electron chi connectivity index (χ4n) is 3.15. The van der Waals surface area contributed by atoms with E-state index in [2.05, 4.69) is 30.0 Å². The SMILES string of the molecule is CCOC(=O)C1=NN(c2ccccc2)C(=O)[C@@H]1N=Nc1ccc(S(=O)(=O)Nc2nccc(C)n2)cc1. The number of amides is 1. The van der Waals surface area contributed by atoms with Crippen LogP contribution < -0.4 is 9.73 Å². The minimum Gasteiger partial charge on any atom is -0.461 e. The highest BCUT2D eigenvalue weighted by Gasteiger charge is 2.41. The zero-order valence-corrected chi connectivity index (χ0v) is 20.1. The van der Waals surface area contributed by atoms with Crippen molar-refractivity contribution in [2.75, 3.05) is 16.3 Å². The number of ether oxygens (including phenoxy) is 1. The van der Waals surface area contributed by atoms with Gasteiger partial charge in [0, 0.05) is 11.9 Å². The number of nitrogens with zero attached hydrogens (tertiary/aromatic N) is 6. The predicted molar refractivity (Wildman–Crippen MR) is 130 cm³/mol. The van der Waals surface area contributed by atoms with Gasteiger partial charge in [-0.2, -0.15) is 20.3 Å². The summed E-state index contributed by atoms with van der Waals surface area (Å²) < 4.78 is 32.6. The predicted octanol–water partition coefficient (Wildman–Crippen LogP) is 3.00. The lowest BCUT2D eigenvalue weighted by atomic mass is 10.2. The number of carbonyl (C=O) groups excluding carboxylic acids is 2. The van der Waals surface area contributed by atoms with Crippen molar-refractivity contribution in [3.63, 3.8) is 0 Å². The molecule has 0 saturated heterocycles. The van der Waals surface area contributed by atoms with Crippen LogP contribution in [0.4, 0.5) is 17.3 Å². The molecule has 1 aliphatic heterocycles. The second-order valence-electron chi connectivity index (χ2n) is 7.43. The number of azo groups is 1. The largest absolute Gasteiger partial charge is 0.461 e. The van der Waals surface area contributed by atoms with Crippen molar-refractivity contribution >= 4 is 44.9 Å². The Morgan fingerprint density at radius 2 is 1.83 bits per heavy atom. The first-order chi connectivity index (χ1) is 17.3. The summed E-state index contributed by atoms with van der Waals surface area (Å²) in [4.78, 5) is 33.2. The number of rotatable bonds is 8. The average Bonchev–Trinajstić information content (AvgIpc) is 3.19. The highest BCUT2D eigenvalue weighted by Crippen LogP contribution is 2.24. The van der Waals surface area contributed by atoms with Crippen LogP contribution in [0, 0.1) is 6.92 Å². The minimum absolute atomic E-state index is 0.0486. The van der Waals surface area contributed by atoms with Gasteiger partial charge in [0.05, 0.1) is 22.9 Å². The van der Waals surface area contributed by atoms with Gasteiger partial charge in [-0.15, -0.1) is 0 Å². The number of hydrogen-bond donors (Lipinski definition) is 1. The molecule has 0 saturated carbocycles. The van der Waals surface area contributed by atoms with Gasteiger partial charge in [0.25, 0.3) is 15.9 Å². The molecule has 12 nitrogen and oxygen atoms in total. The average molecular weight is 508 g/mol. The van der Waals surface area contributed by atoms with Gasteiger partial charge in [-0.1, -0.05) is 18.2 Å². The Kier molecular flexibility index (Phi) is 7.10. The van der Waals surface area contributed by atoms with Crippen LogP contribution in [0.3, 0.4) is 0 Å². The van der Waals surface area contributed by atoms with Gasteiger partial charge < -0.3 is 4.74 Å². The van der Waals surface area contributed by atoms with E-state index in [1.807, 2.05) is 0 Å². The number of benzene rings is 2. The molecular weight excluding hydrogens is 486 g/mol. The normalized spacial score (nSPS) is 15.7. The molecule has 36 heavy (non-hydrogen) atoms. The number of hydrogen-bond acceptors (Lipinski definition) is 10. The Labute approximate surface area is 206 Å². The Bertz CT molecular complexity index is 1440. The van der Waals surface area contributed by atoms with Crippen LogP contribution in [0.25, 0.3) is 0 Å². The fraction of sp³-hybridized carbons (Fsp3) is 0.174. The van der Waals surface area contributed by atoms with E-state index in [9.17, 15) is 18.0 Å². The van der Waals surface area contributed by atoms with Crippen LogP contribution in [-0.4, -0.2) is 48.6 Å². The summed E-state index contributed by atoms with van der Waals surface area (Å²) in [5.41, 5.74) is 1.13. The van der Waals surface area contributed by atoms with Crippen molar-refractivity contribution in [1.82, 2.24) is 9.97 Å². The van der Waals surface area contributed by atoms with Crippen molar-refractivity contribution < 1.29 is 22.7 Å². The van der Waals surface area contributed by atoms with Crippen LogP contribution in [0.2, 0.25) is 0 Å². The summed E-state index contributed by atoms with van der Waals surface area (Å²) in [6.07, 6.45) is 1.45. The lowest BCUT2D eigenvalue weighted by Gasteiger charge is -2.11. The van der Waals surface area contributed by atoms with E-state index < -0.39 is 27.9 Å². The number of sulfonamides is 1.